The molecule has 3 heterocycles. The lowest BCUT2D eigenvalue weighted by Crippen LogP contribution is -2.40. The first-order valence-electron chi connectivity index (χ1n) is 11.8. The number of hydrogen-bond acceptors (Lipinski definition) is 5. The van der Waals surface area contributed by atoms with Crippen LogP contribution in [0.15, 0.2) is 24.3 Å². The molecule has 6 nitrogen and oxygen atoms in total. The van der Waals surface area contributed by atoms with Gasteiger partial charge in [-0.1, -0.05) is 12.1 Å². The quantitative estimate of drug-likeness (QED) is 0.737. The Morgan fingerprint density at radius 2 is 1.81 bits per heavy atom. The summed E-state index contributed by atoms with van der Waals surface area (Å²) >= 11 is 0. The molecule has 31 heavy (non-hydrogen) atoms. The predicted molar refractivity (Wildman–Crippen MR) is 121 cm³/mol. The number of carbonyl (C=O) groups is 1. The highest BCUT2D eigenvalue weighted by Gasteiger charge is 2.33. The Labute approximate surface area is 184 Å². The second-order valence-electron chi connectivity index (χ2n) is 8.99. The molecule has 0 unspecified atom stereocenters. The number of carbonyl (C=O) groups excluding carboxylic acids is 1. The molecule has 0 N–H and O–H groups in total. The number of fused-ring (bicyclic) bond motifs is 1. The molecular weight excluding hydrogens is 388 g/mol. The second-order valence-corrected chi connectivity index (χ2v) is 8.99. The highest BCUT2D eigenvalue weighted by atomic mass is 16.5. The summed E-state index contributed by atoms with van der Waals surface area (Å²) in [4.78, 5) is 28.1. The third-order valence-electron chi connectivity index (χ3n) is 7.01. The van der Waals surface area contributed by atoms with Gasteiger partial charge < -0.3 is 14.5 Å². The number of ether oxygens (including phenoxy) is 1. The minimum absolute atomic E-state index is 0.0702. The summed E-state index contributed by atoms with van der Waals surface area (Å²) in [5.74, 6) is 1.68. The molecule has 1 amide bonds. The van der Waals surface area contributed by atoms with Gasteiger partial charge in [0.2, 0.25) is 5.95 Å². The zero-order valence-electron chi connectivity index (χ0n) is 18.5. The molecule has 1 aliphatic carbocycles. The normalized spacial score (nSPS) is 21.1. The lowest BCUT2D eigenvalue weighted by atomic mass is 9.92. The molecule has 3 aliphatic rings. The largest absolute Gasteiger partial charge is 0.497 e. The third-order valence-corrected chi connectivity index (χ3v) is 7.01. The van der Waals surface area contributed by atoms with Crippen LogP contribution in [0.1, 0.15) is 78.3 Å². The van der Waals surface area contributed by atoms with E-state index in [-0.39, 0.29) is 11.9 Å². The summed E-state index contributed by atoms with van der Waals surface area (Å²) in [7, 11) is 1.69. The van der Waals surface area contributed by atoms with Gasteiger partial charge in [0.05, 0.1) is 13.2 Å². The molecule has 0 radical (unpaired) electrons. The van der Waals surface area contributed by atoms with Crippen molar-refractivity contribution < 1.29 is 9.53 Å². The van der Waals surface area contributed by atoms with E-state index < -0.39 is 0 Å². The smallest absolute Gasteiger partial charge is 0.273 e. The lowest BCUT2D eigenvalue weighted by molar-refractivity contribution is 0.0603. The highest BCUT2D eigenvalue weighted by molar-refractivity contribution is 5.94. The van der Waals surface area contributed by atoms with Gasteiger partial charge >= 0.3 is 0 Å². The number of rotatable bonds is 4. The van der Waals surface area contributed by atoms with Crippen molar-refractivity contribution in [3.05, 3.63) is 46.8 Å². The fourth-order valence-electron chi connectivity index (χ4n) is 5.32. The molecule has 2 aromatic rings. The average molecular weight is 421 g/mol. The molecule has 5 rings (SSSR count). The van der Waals surface area contributed by atoms with Crippen molar-refractivity contribution in [2.75, 3.05) is 31.6 Å². The molecular formula is C25H32N4O2. The standard InChI is InChI=1S/C25H32N4O2/c1-31-19-10-8-9-18(17-19)22-13-4-5-16-29(22)24(30)23-20-11-2-3-12-21(20)26-25(27-23)28-14-6-7-15-28/h8-10,17,22H,2-7,11-16H2,1H3/t22-/m0/s1. The monoisotopic (exact) mass is 420 g/mol. The Kier molecular flexibility index (Phi) is 5.79. The van der Waals surface area contributed by atoms with E-state index in [0.29, 0.717) is 5.69 Å². The van der Waals surface area contributed by atoms with Crippen molar-refractivity contribution in [1.82, 2.24) is 14.9 Å². The van der Waals surface area contributed by atoms with E-state index in [4.69, 9.17) is 14.7 Å². The van der Waals surface area contributed by atoms with Gasteiger partial charge in [-0.15, -0.1) is 0 Å². The topological polar surface area (TPSA) is 58.6 Å². The van der Waals surface area contributed by atoms with Crippen molar-refractivity contribution in [2.45, 2.75) is 63.8 Å². The maximum absolute atomic E-state index is 14.0. The van der Waals surface area contributed by atoms with Crippen LogP contribution in [-0.2, 0) is 12.8 Å². The van der Waals surface area contributed by atoms with Gasteiger partial charge in [0.1, 0.15) is 11.4 Å². The minimum atomic E-state index is 0.0702. The molecule has 0 bridgehead atoms. The first-order chi connectivity index (χ1) is 15.2. The fraction of sp³-hybridized carbons (Fsp3) is 0.560. The van der Waals surface area contributed by atoms with Crippen LogP contribution in [0.2, 0.25) is 0 Å². The van der Waals surface area contributed by atoms with E-state index in [2.05, 4.69) is 21.9 Å². The van der Waals surface area contributed by atoms with Gasteiger partial charge in [-0.25, -0.2) is 9.97 Å². The van der Waals surface area contributed by atoms with Crippen molar-refractivity contribution in [1.29, 1.82) is 0 Å². The number of amides is 1. The number of piperidine rings is 1. The Bertz CT molecular complexity index is 955. The van der Waals surface area contributed by atoms with Gasteiger partial charge in [-0.3, -0.25) is 4.79 Å². The summed E-state index contributed by atoms with van der Waals surface area (Å²) < 4.78 is 5.44. The number of nitrogens with zero attached hydrogens (tertiary/aromatic N) is 4. The molecule has 2 aliphatic heterocycles. The van der Waals surface area contributed by atoms with E-state index in [1.54, 1.807) is 7.11 Å². The Morgan fingerprint density at radius 1 is 1.00 bits per heavy atom. The Balaban J connectivity index is 1.52. The van der Waals surface area contributed by atoms with Crippen LogP contribution in [0.25, 0.3) is 0 Å². The maximum Gasteiger partial charge on any atom is 0.273 e. The van der Waals surface area contributed by atoms with Crippen LogP contribution >= 0.6 is 0 Å². The van der Waals surface area contributed by atoms with Crippen molar-refractivity contribution in [3.8, 4) is 5.75 Å². The first-order valence-corrected chi connectivity index (χ1v) is 11.8. The van der Waals surface area contributed by atoms with E-state index >= 15 is 0 Å². The number of hydrogen-bond donors (Lipinski definition) is 0. The zero-order chi connectivity index (χ0) is 21.2. The van der Waals surface area contributed by atoms with Gasteiger partial charge in [-0.2, -0.15) is 0 Å². The minimum Gasteiger partial charge on any atom is -0.497 e. The number of likely N-dealkylation sites (tertiary alicyclic amines) is 1. The van der Waals surface area contributed by atoms with E-state index in [1.807, 2.05) is 12.1 Å². The molecule has 2 saturated heterocycles. The summed E-state index contributed by atoms with van der Waals surface area (Å²) in [5.41, 5.74) is 3.99. The molecule has 1 aromatic carbocycles. The van der Waals surface area contributed by atoms with Crippen LogP contribution in [0, 0.1) is 0 Å². The van der Waals surface area contributed by atoms with Gasteiger partial charge in [0.25, 0.3) is 5.91 Å². The number of methoxy groups -OCH3 is 1. The third kappa shape index (κ3) is 4.00. The van der Waals surface area contributed by atoms with Crippen molar-refractivity contribution in [3.63, 3.8) is 0 Å². The van der Waals surface area contributed by atoms with Crippen molar-refractivity contribution in [2.24, 2.45) is 0 Å². The van der Waals surface area contributed by atoms with Gasteiger partial charge in [0.15, 0.2) is 0 Å². The van der Waals surface area contributed by atoms with E-state index in [9.17, 15) is 4.79 Å². The lowest BCUT2D eigenvalue weighted by Gasteiger charge is -2.37. The van der Waals surface area contributed by atoms with Gasteiger partial charge in [-0.05, 0) is 75.5 Å². The van der Waals surface area contributed by atoms with Gasteiger partial charge in [0, 0.05) is 30.9 Å². The summed E-state index contributed by atoms with van der Waals surface area (Å²) in [6.45, 7) is 2.75. The summed E-state index contributed by atoms with van der Waals surface area (Å²) in [6.07, 6.45) is 9.62. The zero-order valence-corrected chi connectivity index (χ0v) is 18.5. The van der Waals surface area contributed by atoms with Crippen LogP contribution in [0.5, 0.6) is 5.75 Å². The predicted octanol–water partition coefficient (Wildman–Crippen LogP) is 4.33. The van der Waals surface area contributed by atoms with E-state index in [0.717, 1.165) is 93.1 Å². The van der Waals surface area contributed by atoms with Crippen molar-refractivity contribution >= 4 is 11.9 Å². The average Bonchev–Trinajstić information content (AvgIpc) is 3.38. The molecule has 6 heteroatoms. The Hall–Kier alpha value is -2.63. The van der Waals surface area contributed by atoms with Crippen LogP contribution < -0.4 is 9.64 Å². The summed E-state index contributed by atoms with van der Waals surface area (Å²) in [6, 6.07) is 8.23. The van der Waals surface area contributed by atoms with Crippen LogP contribution in [-0.4, -0.2) is 47.5 Å². The van der Waals surface area contributed by atoms with E-state index in [1.165, 1.54) is 12.8 Å². The molecule has 0 spiro atoms. The fourth-order valence-corrected chi connectivity index (χ4v) is 5.32. The maximum atomic E-state index is 14.0. The second kappa shape index (κ2) is 8.85. The van der Waals surface area contributed by atoms with Crippen LogP contribution in [0.4, 0.5) is 5.95 Å². The molecule has 2 fully saturated rings. The molecule has 0 saturated carbocycles. The first kappa shape index (κ1) is 20.3. The SMILES string of the molecule is COc1cccc([C@@H]2CCCCN2C(=O)c2nc(N3CCCC3)nc3c2CCCC3)c1. The number of benzene rings is 1. The highest BCUT2D eigenvalue weighted by Crippen LogP contribution is 2.35. The molecule has 1 atom stereocenters. The summed E-state index contributed by atoms with van der Waals surface area (Å²) in [5, 5.41) is 0. The number of aromatic nitrogens is 2. The number of aryl methyl sites for hydroxylation is 1. The molecule has 164 valence electrons. The number of anilines is 1. The Morgan fingerprint density at radius 3 is 2.65 bits per heavy atom. The molecule has 1 aromatic heterocycles. The van der Waals surface area contributed by atoms with Crippen LogP contribution in [0.3, 0.4) is 0 Å².